The molecule has 1 aliphatic rings. The first-order valence-electron chi connectivity index (χ1n) is 11.9. The molecular weight excluding hydrogens is 431 g/mol. The maximum atomic E-state index is 15.3. The van der Waals surface area contributed by atoms with Crippen molar-refractivity contribution < 1.29 is 19.1 Å². The van der Waals surface area contributed by atoms with Gasteiger partial charge in [0.2, 0.25) is 5.91 Å². The van der Waals surface area contributed by atoms with Gasteiger partial charge in [-0.05, 0) is 112 Å². The second kappa shape index (κ2) is 10.4. The fourth-order valence-corrected chi connectivity index (χ4v) is 4.73. The first-order valence-corrected chi connectivity index (χ1v) is 11.9. The summed E-state index contributed by atoms with van der Waals surface area (Å²) in [7, 11) is 0. The molecule has 0 unspecified atom stereocenters. The first-order chi connectivity index (χ1) is 16.0. The number of carbonyl (C=O) groups is 2. The average Bonchev–Trinajstić information content (AvgIpc) is 3.29. The van der Waals surface area contributed by atoms with E-state index in [1.807, 2.05) is 39.8 Å². The largest absolute Gasteiger partial charge is 0.480 e. The highest BCUT2D eigenvalue weighted by molar-refractivity contribution is 5.99. The molecule has 0 bridgehead atoms. The Bertz CT molecular complexity index is 1120. The highest BCUT2D eigenvalue weighted by Crippen LogP contribution is 2.37. The Morgan fingerprint density at radius 3 is 2.18 bits per heavy atom. The lowest BCUT2D eigenvalue weighted by molar-refractivity contribution is -0.140. The van der Waals surface area contributed by atoms with Crippen LogP contribution in [0.4, 0.5) is 10.1 Å². The van der Waals surface area contributed by atoms with Gasteiger partial charge in [-0.1, -0.05) is 12.8 Å². The van der Waals surface area contributed by atoms with Gasteiger partial charge < -0.3 is 15.7 Å². The van der Waals surface area contributed by atoms with Crippen molar-refractivity contribution in [2.75, 3.05) is 5.32 Å². The van der Waals surface area contributed by atoms with Gasteiger partial charge in [-0.25, -0.2) is 4.39 Å². The summed E-state index contributed by atoms with van der Waals surface area (Å²) in [5.74, 6) is -1.77. The molecule has 0 aliphatic heterocycles. The topological polar surface area (TPSA) is 78.4 Å². The van der Waals surface area contributed by atoms with E-state index in [0.717, 1.165) is 51.9 Å². The van der Waals surface area contributed by atoms with Gasteiger partial charge in [0, 0.05) is 22.9 Å². The predicted molar refractivity (Wildman–Crippen MR) is 136 cm³/mol. The lowest BCUT2D eigenvalue weighted by Crippen LogP contribution is -2.38. The molecule has 34 heavy (non-hydrogen) atoms. The number of anilines is 1. The first kappa shape index (κ1) is 25.5. The van der Waals surface area contributed by atoms with Crippen LogP contribution in [0.25, 0.3) is 17.2 Å². The number of aliphatic carboxylic acids is 1. The molecular formula is C28H35FN2O3. The van der Waals surface area contributed by atoms with E-state index in [2.05, 4.69) is 10.6 Å². The van der Waals surface area contributed by atoms with Gasteiger partial charge in [0.25, 0.3) is 0 Å². The number of carbonyl (C=O) groups excluding carboxylic acids is 1. The summed E-state index contributed by atoms with van der Waals surface area (Å²) in [6.45, 7) is 11.0. The van der Waals surface area contributed by atoms with Crippen molar-refractivity contribution in [1.29, 1.82) is 0 Å². The number of benzene rings is 2. The molecule has 0 radical (unpaired) electrons. The van der Waals surface area contributed by atoms with Gasteiger partial charge >= 0.3 is 5.97 Å². The summed E-state index contributed by atoms with van der Waals surface area (Å²) >= 11 is 0. The normalized spacial score (nSPS) is 15.3. The Morgan fingerprint density at radius 2 is 1.65 bits per heavy atom. The molecule has 1 fully saturated rings. The van der Waals surface area contributed by atoms with Crippen LogP contribution < -0.4 is 10.6 Å². The SMILES string of the molecule is C/C(=C\c1c(C)c(C)c(-c2ccc(NC3CCCC3)cc2F)c(C)c1C)C(=O)N[C@H](C)C(=O)O. The molecule has 0 saturated heterocycles. The van der Waals surface area contributed by atoms with Crippen LogP contribution in [0.2, 0.25) is 0 Å². The van der Waals surface area contributed by atoms with E-state index in [0.29, 0.717) is 17.2 Å². The number of hydrogen-bond acceptors (Lipinski definition) is 3. The van der Waals surface area contributed by atoms with Crippen molar-refractivity contribution in [1.82, 2.24) is 5.32 Å². The third-order valence-corrected chi connectivity index (χ3v) is 7.08. The van der Waals surface area contributed by atoms with Crippen molar-refractivity contribution in [3.05, 3.63) is 57.4 Å². The van der Waals surface area contributed by atoms with Crippen molar-refractivity contribution in [3.8, 4) is 11.1 Å². The van der Waals surface area contributed by atoms with Gasteiger partial charge in [0.1, 0.15) is 11.9 Å². The minimum absolute atomic E-state index is 0.255. The van der Waals surface area contributed by atoms with E-state index in [4.69, 9.17) is 5.11 Å². The monoisotopic (exact) mass is 466 g/mol. The molecule has 1 atom stereocenters. The lowest BCUT2D eigenvalue weighted by atomic mass is 9.85. The number of hydrogen-bond donors (Lipinski definition) is 3. The quantitative estimate of drug-likeness (QED) is 0.433. The summed E-state index contributed by atoms with van der Waals surface area (Å²) in [6.07, 6.45) is 6.47. The molecule has 3 N–H and O–H groups in total. The predicted octanol–water partition coefficient (Wildman–Crippen LogP) is 6.07. The molecule has 0 aromatic heterocycles. The molecule has 6 heteroatoms. The number of nitrogens with one attached hydrogen (secondary N) is 2. The van der Waals surface area contributed by atoms with Crippen molar-refractivity contribution in [3.63, 3.8) is 0 Å². The Balaban J connectivity index is 1.96. The molecule has 3 rings (SSSR count). The Hall–Kier alpha value is -3.15. The second-order valence-corrected chi connectivity index (χ2v) is 9.47. The van der Waals surface area contributed by atoms with Crippen molar-refractivity contribution >= 4 is 23.6 Å². The van der Waals surface area contributed by atoms with Crippen molar-refractivity contribution in [2.45, 2.75) is 79.3 Å². The Kier molecular flexibility index (Phi) is 7.80. The van der Waals surface area contributed by atoms with Crippen LogP contribution in [0.15, 0.2) is 23.8 Å². The average molecular weight is 467 g/mol. The minimum Gasteiger partial charge on any atom is -0.480 e. The fourth-order valence-electron chi connectivity index (χ4n) is 4.73. The summed E-state index contributed by atoms with van der Waals surface area (Å²) in [6, 6.07) is 4.83. The Labute approximate surface area is 201 Å². The van der Waals surface area contributed by atoms with Crippen LogP contribution in [0.5, 0.6) is 0 Å². The number of rotatable bonds is 7. The van der Waals surface area contributed by atoms with Crippen LogP contribution in [0.3, 0.4) is 0 Å². The molecule has 182 valence electrons. The van der Waals surface area contributed by atoms with Crippen LogP contribution in [0.1, 0.15) is 67.3 Å². The maximum Gasteiger partial charge on any atom is 0.325 e. The van der Waals surface area contributed by atoms with Crippen molar-refractivity contribution in [2.24, 2.45) is 0 Å². The highest BCUT2D eigenvalue weighted by Gasteiger charge is 2.20. The molecule has 0 spiro atoms. The van der Waals surface area contributed by atoms with Gasteiger partial charge in [-0.2, -0.15) is 0 Å². The summed E-state index contributed by atoms with van der Waals surface area (Å²) in [5, 5.41) is 15.0. The van der Waals surface area contributed by atoms with E-state index < -0.39 is 17.9 Å². The van der Waals surface area contributed by atoms with E-state index in [1.165, 1.54) is 19.8 Å². The third-order valence-electron chi connectivity index (χ3n) is 7.08. The third kappa shape index (κ3) is 5.32. The molecule has 2 aromatic rings. The van der Waals surface area contributed by atoms with E-state index in [-0.39, 0.29) is 5.82 Å². The number of carboxylic acids is 1. The van der Waals surface area contributed by atoms with Crippen LogP contribution >= 0.6 is 0 Å². The zero-order chi connectivity index (χ0) is 25.2. The summed E-state index contributed by atoms with van der Waals surface area (Å²) < 4.78 is 15.3. The van der Waals surface area contributed by atoms with Crippen LogP contribution in [0, 0.1) is 33.5 Å². The van der Waals surface area contributed by atoms with E-state index >= 15 is 4.39 Å². The summed E-state index contributed by atoms with van der Waals surface area (Å²) in [4.78, 5) is 23.5. The lowest BCUT2D eigenvalue weighted by Gasteiger charge is -2.21. The fraction of sp³-hybridized carbons (Fsp3) is 0.429. The second-order valence-electron chi connectivity index (χ2n) is 9.47. The minimum atomic E-state index is -1.09. The number of amides is 1. The zero-order valence-corrected chi connectivity index (χ0v) is 20.9. The standard InChI is InChI=1S/C28H35FN2O3/c1-15(27(32)30-20(6)28(33)34)13-24-16(2)18(4)26(19(5)17(24)3)23-12-11-22(14-25(23)29)31-21-9-7-8-10-21/h11-14,20-21,31H,7-10H2,1-6H3,(H,30,32)(H,33,34)/b15-13+/t20-/m1/s1. The summed E-state index contributed by atoms with van der Waals surface area (Å²) in [5.41, 5.74) is 7.40. The molecule has 1 aliphatic carbocycles. The number of halogens is 1. The van der Waals surface area contributed by atoms with Crippen LogP contribution in [-0.2, 0) is 9.59 Å². The molecule has 5 nitrogen and oxygen atoms in total. The van der Waals surface area contributed by atoms with Gasteiger partial charge in [-0.15, -0.1) is 0 Å². The van der Waals surface area contributed by atoms with Crippen LogP contribution in [-0.4, -0.2) is 29.1 Å². The smallest absolute Gasteiger partial charge is 0.325 e. The maximum absolute atomic E-state index is 15.3. The van der Waals surface area contributed by atoms with E-state index in [9.17, 15) is 9.59 Å². The highest BCUT2D eigenvalue weighted by atomic mass is 19.1. The van der Waals surface area contributed by atoms with E-state index in [1.54, 1.807) is 19.1 Å². The molecule has 0 heterocycles. The van der Waals surface area contributed by atoms with Gasteiger partial charge in [-0.3, -0.25) is 9.59 Å². The van der Waals surface area contributed by atoms with Gasteiger partial charge in [0.15, 0.2) is 0 Å². The molecule has 2 aromatic carbocycles. The Morgan fingerprint density at radius 1 is 1.06 bits per heavy atom. The molecule has 1 amide bonds. The molecule has 1 saturated carbocycles. The zero-order valence-electron chi connectivity index (χ0n) is 20.9. The van der Waals surface area contributed by atoms with Gasteiger partial charge in [0.05, 0.1) is 0 Å². The number of carboxylic acid groups (broad SMARTS) is 1.